The van der Waals surface area contributed by atoms with E-state index in [-0.39, 0.29) is 11.7 Å². The third-order valence-electron chi connectivity index (χ3n) is 3.95. The van der Waals surface area contributed by atoms with E-state index in [1.54, 1.807) is 13.2 Å². The summed E-state index contributed by atoms with van der Waals surface area (Å²) in [5, 5.41) is 13.3. The zero-order chi connectivity index (χ0) is 19.8. The smallest absolute Gasteiger partial charge is 0.271 e. The number of methoxy groups -OCH3 is 1. The molecule has 3 aromatic rings. The highest BCUT2D eigenvalue weighted by molar-refractivity contribution is 5.95. The summed E-state index contributed by atoms with van der Waals surface area (Å²) in [7, 11) is 1.57. The minimum Gasteiger partial charge on any atom is -0.508 e. The summed E-state index contributed by atoms with van der Waals surface area (Å²) >= 11 is 0. The Morgan fingerprint density at radius 1 is 1.04 bits per heavy atom. The minimum absolute atomic E-state index is 0.0941. The van der Waals surface area contributed by atoms with Crippen LogP contribution < -0.4 is 14.9 Å². The number of amides is 1. The second kappa shape index (κ2) is 9.23. The number of hydrogen-bond acceptors (Lipinski definition) is 5. The van der Waals surface area contributed by atoms with Gasteiger partial charge in [0.25, 0.3) is 5.91 Å². The van der Waals surface area contributed by atoms with Gasteiger partial charge in [-0.25, -0.2) is 5.43 Å². The molecule has 3 rings (SSSR count). The number of benzene rings is 3. The maximum Gasteiger partial charge on any atom is 0.271 e. The molecule has 0 spiro atoms. The minimum atomic E-state index is -0.383. The Morgan fingerprint density at radius 2 is 1.79 bits per heavy atom. The van der Waals surface area contributed by atoms with E-state index >= 15 is 0 Å². The van der Waals surface area contributed by atoms with Crippen LogP contribution in [0.15, 0.2) is 77.9 Å². The van der Waals surface area contributed by atoms with Crippen LogP contribution >= 0.6 is 0 Å². The molecule has 0 saturated carbocycles. The molecular weight excluding hydrogens is 356 g/mol. The van der Waals surface area contributed by atoms with Crippen LogP contribution in [-0.2, 0) is 6.61 Å². The summed E-state index contributed by atoms with van der Waals surface area (Å²) < 4.78 is 11.3. The molecular formula is C22H20N2O4. The van der Waals surface area contributed by atoms with E-state index in [0.29, 0.717) is 29.2 Å². The van der Waals surface area contributed by atoms with Gasteiger partial charge in [-0.05, 0) is 42.0 Å². The van der Waals surface area contributed by atoms with E-state index < -0.39 is 0 Å². The number of phenolic OH excluding ortho intramolecular Hbond substituents is 1. The number of carbonyl (C=O) groups is 1. The van der Waals surface area contributed by atoms with Crippen molar-refractivity contribution in [3.63, 3.8) is 0 Å². The molecule has 3 aromatic carbocycles. The van der Waals surface area contributed by atoms with Gasteiger partial charge in [-0.1, -0.05) is 36.4 Å². The summed E-state index contributed by atoms with van der Waals surface area (Å²) in [6.45, 7) is 0.377. The van der Waals surface area contributed by atoms with E-state index in [2.05, 4.69) is 10.5 Å². The lowest BCUT2D eigenvalue weighted by atomic mass is 10.2. The lowest BCUT2D eigenvalue weighted by Gasteiger charge is -2.13. The van der Waals surface area contributed by atoms with Gasteiger partial charge in [-0.3, -0.25) is 4.79 Å². The van der Waals surface area contributed by atoms with Crippen molar-refractivity contribution in [2.75, 3.05) is 7.11 Å². The molecule has 6 nitrogen and oxygen atoms in total. The lowest BCUT2D eigenvalue weighted by Crippen LogP contribution is -2.17. The second-order valence-corrected chi connectivity index (χ2v) is 5.90. The van der Waals surface area contributed by atoms with Crippen LogP contribution in [0.3, 0.4) is 0 Å². The Balaban J connectivity index is 1.72. The number of nitrogens with zero attached hydrogens (tertiary/aromatic N) is 1. The van der Waals surface area contributed by atoms with Crippen LogP contribution in [0.5, 0.6) is 17.2 Å². The molecule has 0 aliphatic carbocycles. The highest BCUT2D eigenvalue weighted by Gasteiger charge is 2.10. The highest BCUT2D eigenvalue weighted by atomic mass is 16.5. The predicted octanol–water partition coefficient (Wildman–Crippen LogP) is 3.74. The van der Waals surface area contributed by atoms with Gasteiger partial charge < -0.3 is 14.6 Å². The molecule has 28 heavy (non-hydrogen) atoms. The van der Waals surface area contributed by atoms with Gasteiger partial charge in [0.2, 0.25) is 0 Å². The summed E-state index contributed by atoms with van der Waals surface area (Å²) in [5.74, 6) is 0.823. The standard InChI is InChI=1S/C22H20N2O4/c1-27-20-9-5-8-18(21(20)28-15-16-6-3-2-4-7-16)14-23-24-22(26)17-10-12-19(25)13-11-17/h2-14,25H,15H2,1H3,(H,24,26)/b23-14+. The molecule has 1 amide bonds. The molecule has 0 unspecified atom stereocenters. The number of hydrazone groups is 1. The third-order valence-corrected chi connectivity index (χ3v) is 3.95. The first-order valence-corrected chi connectivity index (χ1v) is 8.63. The van der Waals surface area contributed by atoms with Crippen LogP contribution in [0.4, 0.5) is 0 Å². The Labute approximate surface area is 163 Å². The number of aromatic hydroxyl groups is 1. The van der Waals surface area contributed by atoms with Crippen molar-refractivity contribution in [3.05, 3.63) is 89.5 Å². The van der Waals surface area contributed by atoms with Gasteiger partial charge in [-0.2, -0.15) is 5.10 Å². The third kappa shape index (κ3) is 4.88. The van der Waals surface area contributed by atoms with E-state index in [4.69, 9.17) is 9.47 Å². The van der Waals surface area contributed by atoms with Crippen molar-refractivity contribution in [3.8, 4) is 17.2 Å². The van der Waals surface area contributed by atoms with Crippen molar-refractivity contribution in [1.82, 2.24) is 5.43 Å². The van der Waals surface area contributed by atoms with E-state index in [9.17, 15) is 9.90 Å². The van der Waals surface area contributed by atoms with Gasteiger partial charge in [0.15, 0.2) is 11.5 Å². The Kier molecular flexibility index (Phi) is 6.25. The first-order chi connectivity index (χ1) is 13.7. The van der Waals surface area contributed by atoms with E-state index in [1.165, 1.54) is 30.5 Å². The zero-order valence-electron chi connectivity index (χ0n) is 15.3. The molecule has 142 valence electrons. The molecule has 0 aliphatic heterocycles. The summed E-state index contributed by atoms with van der Waals surface area (Å²) in [4.78, 5) is 12.1. The fourth-order valence-corrected chi connectivity index (χ4v) is 2.52. The van der Waals surface area contributed by atoms with Crippen LogP contribution in [-0.4, -0.2) is 24.3 Å². The topological polar surface area (TPSA) is 80.2 Å². The highest BCUT2D eigenvalue weighted by Crippen LogP contribution is 2.30. The van der Waals surface area contributed by atoms with Gasteiger partial charge in [0.1, 0.15) is 12.4 Å². The van der Waals surface area contributed by atoms with Gasteiger partial charge in [0.05, 0.1) is 13.3 Å². The number of rotatable bonds is 7. The average molecular weight is 376 g/mol. The molecule has 0 atom stereocenters. The summed E-state index contributed by atoms with van der Waals surface area (Å²) in [5.41, 5.74) is 4.54. The summed E-state index contributed by atoms with van der Waals surface area (Å²) in [6, 6.07) is 21.1. The monoisotopic (exact) mass is 376 g/mol. The first-order valence-electron chi connectivity index (χ1n) is 8.63. The van der Waals surface area contributed by atoms with E-state index in [0.717, 1.165) is 5.56 Å². The van der Waals surface area contributed by atoms with Crippen molar-refractivity contribution >= 4 is 12.1 Å². The van der Waals surface area contributed by atoms with Gasteiger partial charge in [-0.15, -0.1) is 0 Å². The number of para-hydroxylation sites is 1. The average Bonchev–Trinajstić information content (AvgIpc) is 2.73. The van der Waals surface area contributed by atoms with Crippen LogP contribution in [0.2, 0.25) is 0 Å². The number of phenols is 1. The molecule has 0 aromatic heterocycles. The second-order valence-electron chi connectivity index (χ2n) is 5.90. The lowest BCUT2D eigenvalue weighted by molar-refractivity contribution is 0.0955. The molecule has 0 aliphatic rings. The molecule has 0 fully saturated rings. The number of carbonyl (C=O) groups excluding carboxylic acids is 1. The molecule has 6 heteroatoms. The van der Waals surface area contributed by atoms with Crippen LogP contribution in [0, 0.1) is 0 Å². The molecule has 0 heterocycles. The van der Waals surface area contributed by atoms with Crippen LogP contribution in [0.25, 0.3) is 0 Å². The van der Waals surface area contributed by atoms with E-state index in [1.807, 2.05) is 42.5 Å². The molecule has 0 bridgehead atoms. The normalized spacial score (nSPS) is 10.6. The van der Waals surface area contributed by atoms with Gasteiger partial charge in [0, 0.05) is 11.1 Å². The summed E-state index contributed by atoms with van der Waals surface area (Å²) in [6.07, 6.45) is 1.50. The Hall–Kier alpha value is -3.80. The maximum atomic E-state index is 12.1. The van der Waals surface area contributed by atoms with Crippen molar-refractivity contribution in [2.45, 2.75) is 6.61 Å². The van der Waals surface area contributed by atoms with Crippen molar-refractivity contribution in [1.29, 1.82) is 0 Å². The number of nitrogens with one attached hydrogen (secondary N) is 1. The largest absolute Gasteiger partial charge is 0.508 e. The predicted molar refractivity (Wildman–Crippen MR) is 107 cm³/mol. The molecule has 0 radical (unpaired) electrons. The maximum absolute atomic E-state index is 12.1. The van der Waals surface area contributed by atoms with Crippen molar-refractivity contribution < 1.29 is 19.4 Å². The van der Waals surface area contributed by atoms with Crippen LogP contribution in [0.1, 0.15) is 21.5 Å². The number of ether oxygens (including phenoxy) is 2. The SMILES string of the molecule is COc1cccc(/C=N/NC(=O)c2ccc(O)cc2)c1OCc1ccccc1. The van der Waals surface area contributed by atoms with Crippen molar-refractivity contribution in [2.24, 2.45) is 5.10 Å². The number of hydrogen-bond donors (Lipinski definition) is 2. The van der Waals surface area contributed by atoms with Gasteiger partial charge >= 0.3 is 0 Å². The molecule has 2 N–H and O–H groups in total. The molecule has 0 saturated heterocycles. The fourth-order valence-electron chi connectivity index (χ4n) is 2.52. The first kappa shape index (κ1) is 19.0. The quantitative estimate of drug-likeness (QED) is 0.486. The fraction of sp³-hybridized carbons (Fsp3) is 0.0909. The Bertz CT molecular complexity index is 954. The zero-order valence-corrected chi connectivity index (χ0v) is 15.3. The Morgan fingerprint density at radius 3 is 2.50 bits per heavy atom.